The highest BCUT2D eigenvalue weighted by Gasteiger charge is 2.30. The van der Waals surface area contributed by atoms with E-state index in [1.807, 2.05) is 19.9 Å². The maximum absolute atomic E-state index is 12.7. The van der Waals surface area contributed by atoms with E-state index in [0.717, 1.165) is 36.4 Å². The fourth-order valence-corrected chi connectivity index (χ4v) is 4.53. The largest absolute Gasteiger partial charge is 0.314 e. The number of nitrogens with zero attached hydrogens (tertiary/aromatic N) is 1. The molecule has 1 saturated carbocycles. The molecule has 1 heterocycles. The lowest BCUT2D eigenvalue weighted by molar-refractivity contribution is 0.288. The van der Waals surface area contributed by atoms with Crippen molar-refractivity contribution >= 4 is 22.4 Å². The maximum atomic E-state index is 12.7. The summed E-state index contributed by atoms with van der Waals surface area (Å²) < 4.78 is 27.1. The number of benzene rings is 1. The molecule has 1 saturated heterocycles. The van der Waals surface area contributed by atoms with Gasteiger partial charge < -0.3 is 5.32 Å². The molecule has 1 aromatic carbocycles. The van der Waals surface area contributed by atoms with Gasteiger partial charge in [-0.05, 0) is 75.3 Å². The molecule has 1 aromatic rings. The summed E-state index contributed by atoms with van der Waals surface area (Å²) in [4.78, 5) is 0.431. The average Bonchev–Trinajstić information content (AvgIpc) is 3.32. The van der Waals surface area contributed by atoms with Gasteiger partial charge >= 0.3 is 0 Å². The van der Waals surface area contributed by atoms with Crippen molar-refractivity contribution in [3.63, 3.8) is 0 Å². The van der Waals surface area contributed by atoms with Crippen molar-refractivity contribution in [2.75, 3.05) is 19.6 Å². The summed E-state index contributed by atoms with van der Waals surface area (Å²) >= 11 is 0. The van der Waals surface area contributed by atoms with E-state index in [4.69, 9.17) is 0 Å². The summed E-state index contributed by atoms with van der Waals surface area (Å²) in [6, 6.07) is 5.90. The van der Waals surface area contributed by atoms with Crippen LogP contribution in [0.25, 0.3) is 0 Å². The zero-order valence-electron chi connectivity index (χ0n) is 13.9. The molecule has 2 fully saturated rings. The SMILES string of the molecule is Cc1ccc(S(=O)(=O)N2CCC(NCC3CC3)CC2)cc1C.Cl. The minimum atomic E-state index is -3.34. The van der Waals surface area contributed by atoms with Crippen molar-refractivity contribution < 1.29 is 8.42 Å². The predicted molar refractivity (Wildman–Crippen MR) is 95.7 cm³/mol. The van der Waals surface area contributed by atoms with Crippen LogP contribution in [0.2, 0.25) is 0 Å². The quantitative estimate of drug-likeness (QED) is 0.880. The molecule has 4 nitrogen and oxygen atoms in total. The number of aryl methyl sites for hydroxylation is 2. The van der Waals surface area contributed by atoms with Crippen molar-refractivity contribution in [1.29, 1.82) is 0 Å². The number of piperidine rings is 1. The summed E-state index contributed by atoms with van der Waals surface area (Å²) in [5.41, 5.74) is 2.16. The Morgan fingerprint density at radius 1 is 1.09 bits per heavy atom. The van der Waals surface area contributed by atoms with Crippen molar-refractivity contribution in [3.05, 3.63) is 29.3 Å². The summed E-state index contributed by atoms with van der Waals surface area (Å²) in [7, 11) is -3.34. The summed E-state index contributed by atoms with van der Waals surface area (Å²) in [5, 5.41) is 3.59. The van der Waals surface area contributed by atoms with Crippen molar-refractivity contribution in [2.24, 2.45) is 5.92 Å². The highest BCUT2D eigenvalue weighted by molar-refractivity contribution is 7.89. The average molecular weight is 359 g/mol. The highest BCUT2D eigenvalue weighted by atomic mass is 35.5. The van der Waals surface area contributed by atoms with Crippen LogP contribution in [-0.4, -0.2) is 38.4 Å². The van der Waals surface area contributed by atoms with Crippen LogP contribution in [0.3, 0.4) is 0 Å². The number of hydrogen-bond acceptors (Lipinski definition) is 3. The molecule has 3 rings (SSSR count). The van der Waals surface area contributed by atoms with E-state index < -0.39 is 10.0 Å². The maximum Gasteiger partial charge on any atom is 0.243 e. The third kappa shape index (κ3) is 4.47. The number of nitrogens with one attached hydrogen (secondary N) is 1. The van der Waals surface area contributed by atoms with Crippen LogP contribution >= 0.6 is 12.4 Å². The monoisotopic (exact) mass is 358 g/mol. The van der Waals surface area contributed by atoms with Gasteiger partial charge in [0.25, 0.3) is 0 Å². The van der Waals surface area contributed by atoms with E-state index in [1.54, 1.807) is 16.4 Å². The van der Waals surface area contributed by atoms with Crippen LogP contribution < -0.4 is 5.32 Å². The Bertz CT molecular complexity index is 636. The normalized spacial score (nSPS) is 20.3. The van der Waals surface area contributed by atoms with E-state index >= 15 is 0 Å². The van der Waals surface area contributed by atoms with Gasteiger partial charge in [-0.15, -0.1) is 12.4 Å². The number of sulfonamides is 1. The van der Waals surface area contributed by atoms with Crippen molar-refractivity contribution in [3.8, 4) is 0 Å². The number of halogens is 1. The van der Waals surface area contributed by atoms with Crippen LogP contribution in [0, 0.1) is 19.8 Å². The molecule has 1 aliphatic carbocycles. The van der Waals surface area contributed by atoms with E-state index in [1.165, 1.54) is 12.8 Å². The lowest BCUT2D eigenvalue weighted by Crippen LogP contribution is -2.45. The van der Waals surface area contributed by atoms with Crippen molar-refractivity contribution in [1.82, 2.24) is 9.62 Å². The Balaban J connectivity index is 0.00000192. The molecule has 6 heteroatoms. The first kappa shape index (κ1) is 18.7. The van der Waals surface area contributed by atoms with Gasteiger partial charge in [-0.2, -0.15) is 4.31 Å². The molecule has 0 bridgehead atoms. The predicted octanol–water partition coefficient (Wildman–Crippen LogP) is 2.88. The van der Waals surface area contributed by atoms with Crippen LogP contribution in [0.5, 0.6) is 0 Å². The Hall–Kier alpha value is -0.620. The Morgan fingerprint density at radius 3 is 2.30 bits per heavy atom. The Labute approximate surface area is 146 Å². The molecule has 0 amide bonds. The molecular weight excluding hydrogens is 332 g/mol. The Morgan fingerprint density at radius 2 is 1.74 bits per heavy atom. The van der Waals surface area contributed by atoms with Gasteiger partial charge in [0.1, 0.15) is 0 Å². The molecule has 0 aromatic heterocycles. The van der Waals surface area contributed by atoms with Crippen molar-refractivity contribution in [2.45, 2.75) is 50.5 Å². The second-order valence-electron chi connectivity index (χ2n) is 6.78. The first-order valence-corrected chi connectivity index (χ1v) is 9.71. The Kier molecular flexibility index (Phi) is 6.11. The number of hydrogen-bond donors (Lipinski definition) is 1. The van der Waals surface area contributed by atoms with Gasteiger partial charge in [0.15, 0.2) is 0 Å². The molecule has 0 unspecified atom stereocenters. The second-order valence-corrected chi connectivity index (χ2v) is 8.71. The first-order chi connectivity index (χ1) is 10.5. The fraction of sp³-hybridized carbons (Fsp3) is 0.647. The van der Waals surface area contributed by atoms with E-state index in [2.05, 4.69) is 5.32 Å². The molecular formula is C17H27ClN2O2S. The number of rotatable bonds is 5. The molecule has 130 valence electrons. The fourth-order valence-electron chi connectivity index (χ4n) is 2.98. The van der Waals surface area contributed by atoms with Gasteiger partial charge in [0.05, 0.1) is 4.90 Å². The van der Waals surface area contributed by atoms with Gasteiger partial charge in [0, 0.05) is 19.1 Å². The van der Waals surface area contributed by atoms with Gasteiger partial charge in [-0.25, -0.2) is 8.42 Å². The van der Waals surface area contributed by atoms with Crippen LogP contribution in [-0.2, 0) is 10.0 Å². The zero-order chi connectivity index (χ0) is 15.7. The molecule has 2 aliphatic rings. The summed E-state index contributed by atoms with van der Waals surface area (Å²) in [6.45, 7) is 6.31. The molecule has 0 spiro atoms. The topological polar surface area (TPSA) is 49.4 Å². The molecule has 0 radical (unpaired) electrons. The van der Waals surface area contributed by atoms with Gasteiger partial charge in [-0.1, -0.05) is 6.07 Å². The highest BCUT2D eigenvalue weighted by Crippen LogP contribution is 2.28. The molecule has 1 aliphatic heterocycles. The second kappa shape index (κ2) is 7.51. The molecule has 1 N–H and O–H groups in total. The van der Waals surface area contributed by atoms with Crippen LogP contribution in [0.1, 0.15) is 36.8 Å². The smallest absolute Gasteiger partial charge is 0.243 e. The van der Waals surface area contributed by atoms with Gasteiger partial charge in [-0.3, -0.25) is 0 Å². The lowest BCUT2D eigenvalue weighted by atomic mass is 10.1. The van der Waals surface area contributed by atoms with Crippen LogP contribution in [0.4, 0.5) is 0 Å². The summed E-state index contributed by atoms with van der Waals surface area (Å²) in [5.74, 6) is 0.872. The van der Waals surface area contributed by atoms with E-state index in [9.17, 15) is 8.42 Å². The van der Waals surface area contributed by atoms with E-state index in [0.29, 0.717) is 24.0 Å². The summed E-state index contributed by atoms with van der Waals surface area (Å²) in [6.07, 6.45) is 4.54. The molecule has 23 heavy (non-hydrogen) atoms. The standard InChI is InChI=1S/C17H26N2O2S.ClH/c1-13-3-6-17(11-14(13)2)22(20,21)19-9-7-16(8-10-19)18-12-15-4-5-15;/h3,6,11,15-16,18H,4-5,7-10,12H2,1-2H3;1H. The van der Waals surface area contributed by atoms with E-state index in [-0.39, 0.29) is 12.4 Å². The minimum Gasteiger partial charge on any atom is -0.314 e. The first-order valence-electron chi connectivity index (χ1n) is 8.27. The zero-order valence-corrected chi connectivity index (χ0v) is 15.5. The minimum absolute atomic E-state index is 0. The third-order valence-electron chi connectivity index (χ3n) is 4.96. The lowest BCUT2D eigenvalue weighted by Gasteiger charge is -2.32. The van der Waals surface area contributed by atoms with Gasteiger partial charge in [0.2, 0.25) is 10.0 Å². The van der Waals surface area contributed by atoms with Crippen LogP contribution in [0.15, 0.2) is 23.1 Å². The third-order valence-corrected chi connectivity index (χ3v) is 6.86. The molecule has 0 atom stereocenters.